The van der Waals surface area contributed by atoms with Gasteiger partial charge in [-0.1, -0.05) is 12.1 Å². The number of para-hydroxylation sites is 1. The van der Waals surface area contributed by atoms with E-state index in [9.17, 15) is 4.79 Å². The Morgan fingerprint density at radius 2 is 2.28 bits per heavy atom. The minimum atomic E-state index is -0.439. The van der Waals surface area contributed by atoms with Crippen LogP contribution in [0, 0.1) is 0 Å². The molecular weight excluding hydrogens is 258 g/mol. The van der Waals surface area contributed by atoms with Crippen LogP contribution in [0.25, 0.3) is 0 Å². The summed E-state index contributed by atoms with van der Waals surface area (Å²) in [4.78, 5) is 11.4. The van der Waals surface area contributed by atoms with Crippen LogP contribution in [-0.2, 0) is 9.53 Å². The number of esters is 1. The van der Waals surface area contributed by atoms with Crippen LogP contribution in [0.1, 0.15) is 24.9 Å². The van der Waals surface area contributed by atoms with Crippen molar-refractivity contribution in [3.05, 3.63) is 23.8 Å². The highest BCUT2D eigenvalue weighted by molar-refractivity contribution is 5.85. The second kappa shape index (κ2) is 6.47. The fraction of sp³-hybridized carbons (Fsp3) is 0.417. The van der Waals surface area contributed by atoms with E-state index in [0.29, 0.717) is 18.1 Å². The van der Waals surface area contributed by atoms with Crippen LogP contribution in [0.2, 0.25) is 0 Å². The second-order valence-electron chi connectivity index (χ2n) is 3.70. The molecule has 18 heavy (non-hydrogen) atoms. The van der Waals surface area contributed by atoms with Crippen molar-refractivity contribution in [2.24, 2.45) is 5.73 Å². The van der Waals surface area contributed by atoms with Crippen molar-refractivity contribution in [2.45, 2.75) is 19.4 Å². The van der Waals surface area contributed by atoms with Crippen molar-refractivity contribution in [3.63, 3.8) is 0 Å². The average molecular weight is 274 g/mol. The number of hydrogen-bond acceptors (Lipinski definition) is 5. The summed E-state index contributed by atoms with van der Waals surface area (Å²) in [5.74, 6) is 0.989. The van der Waals surface area contributed by atoms with Gasteiger partial charge in [-0.3, -0.25) is 4.79 Å². The Morgan fingerprint density at radius 3 is 3.00 bits per heavy atom. The van der Waals surface area contributed by atoms with Crippen LogP contribution in [0.4, 0.5) is 0 Å². The van der Waals surface area contributed by atoms with E-state index in [4.69, 9.17) is 19.9 Å². The summed E-state index contributed by atoms with van der Waals surface area (Å²) in [5.41, 5.74) is 6.73. The van der Waals surface area contributed by atoms with Crippen LogP contribution >= 0.6 is 12.4 Å². The minimum Gasteiger partial charge on any atom is -0.466 e. The summed E-state index contributed by atoms with van der Waals surface area (Å²) in [6.07, 6.45) is 0.133. The van der Waals surface area contributed by atoms with Crippen molar-refractivity contribution in [2.75, 3.05) is 13.4 Å². The van der Waals surface area contributed by atoms with Gasteiger partial charge in [0.25, 0.3) is 0 Å². The van der Waals surface area contributed by atoms with Gasteiger partial charge in [0.05, 0.1) is 13.0 Å². The molecule has 100 valence electrons. The molecule has 5 nitrogen and oxygen atoms in total. The highest BCUT2D eigenvalue weighted by Gasteiger charge is 2.22. The van der Waals surface area contributed by atoms with Gasteiger partial charge in [0.1, 0.15) is 0 Å². The van der Waals surface area contributed by atoms with Gasteiger partial charge in [-0.2, -0.15) is 0 Å². The van der Waals surface area contributed by atoms with E-state index >= 15 is 0 Å². The molecule has 1 aromatic rings. The molecule has 0 aliphatic carbocycles. The lowest BCUT2D eigenvalue weighted by molar-refractivity contribution is -0.143. The zero-order valence-electron chi connectivity index (χ0n) is 10.0. The molecule has 0 aromatic heterocycles. The van der Waals surface area contributed by atoms with E-state index < -0.39 is 6.04 Å². The Morgan fingerprint density at radius 1 is 1.50 bits per heavy atom. The zero-order chi connectivity index (χ0) is 12.3. The number of rotatable bonds is 4. The molecule has 6 heteroatoms. The summed E-state index contributed by atoms with van der Waals surface area (Å²) in [6.45, 7) is 2.32. The maximum Gasteiger partial charge on any atom is 0.307 e. The number of carbonyl (C=O) groups is 1. The first-order valence-electron chi connectivity index (χ1n) is 5.52. The lowest BCUT2D eigenvalue weighted by Crippen LogP contribution is -2.17. The normalized spacial score (nSPS) is 13.7. The van der Waals surface area contributed by atoms with Crippen LogP contribution in [0.5, 0.6) is 11.5 Å². The van der Waals surface area contributed by atoms with Gasteiger partial charge in [-0.25, -0.2) is 0 Å². The topological polar surface area (TPSA) is 70.8 Å². The molecule has 1 heterocycles. The molecule has 0 spiro atoms. The quantitative estimate of drug-likeness (QED) is 0.847. The molecule has 1 aromatic carbocycles. The smallest absolute Gasteiger partial charge is 0.307 e. The number of halogens is 1. The molecule has 0 saturated carbocycles. The SMILES string of the molecule is CCOC(=O)C[C@@H](N)c1cccc2c1OCO2.Cl. The first kappa shape index (κ1) is 14.6. The van der Waals surface area contributed by atoms with Crippen LogP contribution in [-0.4, -0.2) is 19.4 Å². The summed E-state index contributed by atoms with van der Waals surface area (Å²) >= 11 is 0. The van der Waals surface area contributed by atoms with Gasteiger partial charge in [-0.15, -0.1) is 12.4 Å². The van der Waals surface area contributed by atoms with Gasteiger partial charge in [0.15, 0.2) is 11.5 Å². The van der Waals surface area contributed by atoms with Gasteiger partial charge in [0, 0.05) is 11.6 Å². The lowest BCUT2D eigenvalue weighted by Gasteiger charge is -2.13. The second-order valence-corrected chi connectivity index (χ2v) is 3.70. The molecule has 0 bridgehead atoms. The molecule has 0 amide bonds. The number of nitrogens with two attached hydrogens (primary N) is 1. The Kier molecular flexibility index (Phi) is 5.25. The number of benzene rings is 1. The summed E-state index contributed by atoms with van der Waals surface area (Å²) in [7, 11) is 0. The van der Waals surface area contributed by atoms with Crippen molar-refractivity contribution in [3.8, 4) is 11.5 Å². The number of fused-ring (bicyclic) bond motifs is 1. The van der Waals surface area contributed by atoms with Crippen molar-refractivity contribution < 1.29 is 19.0 Å². The third-order valence-corrected chi connectivity index (χ3v) is 2.52. The fourth-order valence-electron chi connectivity index (χ4n) is 1.75. The third-order valence-electron chi connectivity index (χ3n) is 2.52. The standard InChI is InChI=1S/C12H15NO4.ClH/c1-2-15-11(14)6-9(13)8-4-3-5-10-12(8)17-7-16-10;/h3-5,9H,2,6-7,13H2,1H3;1H/t9-;/m1./s1. The fourth-order valence-corrected chi connectivity index (χ4v) is 1.75. The number of hydrogen-bond donors (Lipinski definition) is 1. The molecule has 0 unspecified atom stereocenters. The molecular formula is C12H16ClNO4. The van der Waals surface area contributed by atoms with Crippen LogP contribution < -0.4 is 15.2 Å². The molecule has 0 radical (unpaired) electrons. The summed E-state index contributed by atoms with van der Waals surface area (Å²) < 4.78 is 15.4. The number of ether oxygens (including phenoxy) is 3. The molecule has 2 rings (SSSR count). The molecule has 1 aliphatic rings. The lowest BCUT2D eigenvalue weighted by atomic mass is 10.0. The first-order valence-corrected chi connectivity index (χ1v) is 5.52. The average Bonchev–Trinajstić information content (AvgIpc) is 2.76. The van der Waals surface area contributed by atoms with E-state index in [0.717, 1.165) is 5.56 Å². The van der Waals surface area contributed by atoms with Crippen molar-refractivity contribution >= 4 is 18.4 Å². The van der Waals surface area contributed by atoms with Gasteiger partial charge in [0.2, 0.25) is 6.79 Å². The molecule has 0 fully saturated rings. The Labute approximate surface area is 112 Å². The first-order chi connectivity index (χ1) is 8.22. The van der Waals surface area contributed by atoms with Crippen LogP contribution in [0.3, 0.4) is 0 Å². The van der Waals surface area contributed by atoms with Crippen LogP contribution in [0.15, 0.2) is 18.2 Å². The zero-order valence-corrected chi connectivity index (χ0v) is 10.9. The van der Waals surface area contributed by atoms with Crippen molar-refractivity contribution in [1.82, 2.24) is 0 Å². The minimum absolute atomic E-state index is 0. The predicted molar refractivity (Wildman–Crippen MR) is 68.0 cm³/mol. The third kappa shape index (κ3) is 3.05. The number of carbonyl (C=O) groups excluding carboxylic acids is 1. The largest absolute Gasteiger partial charge is 0.466 e. The Balaban J connectivity index is 0.00000162. The van der Waals surface area contributed by atoms with E-state index in [1.165, 1.54) is 0 Å². The predicted octanol–water partition coefficient (Wildman–Crippen LogP) is 1.79. The van der Waals surface area contributed by atoms with Gasteiger partial charge in [-0.05, 0) is 13.0 Å². The van der Waals surface area contributed by atoms with E-state index in [2.05, 4.69) is 0 Å². The van der Waals surface area contributed by atoms with Crippen molar-refractivity contribution in [1.29, 1.82) is 0 Å². The summed E-state index contributed by atoms with van der Waals surface area (Å²) in [6, 6.07) is 5.03. The maximum absolute atomic E-state index is 11.4. The van der Waals surface area contributed by atoms with E-state index in [-0.39, 0.29) is 31.6 Å². The highest BCUT2D eigenvalue weighted by Crippen LogP contribution is 2.38. The molecule has 2 N–H and O–H groups in total. The van der Waals surface area contributed by atoms with E-state index in [1.807, 2.05) is 18.2 Å². The highest BCUT2D eigenvalue weighted by atomic mass is 35.5. The molecule has 1 aliphatic heterocycles. The Bertz CT molecular complexity index is 425. The van der Waals surface area contributed by atoms with E-state index in [1.54, 1.807) is 6.92 Å². The molecule has 0 saturated heterocycles. The van der Waals surface area contributed by atoms with Gasteiger partial charge < -0.3 is 19.9 Å². The summed E-state index contributed by atoms with van der Waals surface area (Å²) in [5, 5.41) is 0. The van der Waals surface area contributed by atoms with Gasteiger partial charge >= 0.3 is 5.97 Å². The Hall–Kier alpha value is -1.46. The molecule has 1 atom stereocenters. The maximum atomic E-state index is 11.4. The monoisotopic (exact) mass is 273 g/mol.